The van der Waals surface area contributed by atoms with Crippen molar-refractivity contribution in [3.63, 3.8) is 0 Å². The second-order valence-electron chi connectivity index (χ2n) is 5.37. The standard InChI is InChI=1S/C14H30N2O2/c1-6-8-10-18-11-9-15-12(3)13(17)16-14(4,5)7-2/h12,15H,6-11H2,1-5H3,(H,16,17). The van der Waals surface area contributed by atoms with Crippen LogP contribution in [0.25, 0.3) is 0 Å². The lowest BCUT2D eigenvalue weighted by Crippen LogP contribution is -2.51. The van der Waals surface area contributed by atoms with Crippen LogP contribution >= 0.6 is 0 Å². The molecule has 0 aliphatic rings. The molecule has 4 heteroatoms. The molecule has 0 radical (unpaired) electrons. The summed E-state index contributed by atoms with van der Waals surface area (Å²) < 4.78 is 5.43. The third kappa shape index (κ3) is 8.48. The van der Waals surface area contributed by atoms with Crippen molar-refractivity contribution in [3.05, 3.63) is 0 Å². The molecule has 18 heavy (non-hydrogen) atoms. The summed E-state index contributed by atoms with van der Waals surface area (Å²) in [6, 6.07) is -0.175. The van der Waals surface area contributed by atoms with Crippen molar-refractivity contribution in [2.45, 2.75) is 65.5 Å². The Labute approximate surface area is 112 Å². The van der Waals surface area contributed by atoms with Crippen LogP contribution in [0.3, 0.4) is 0 Å². The van der Waals surface area contributed by atoms with E-state index in [0.29, 0.717) is 13.2 Å². The molecule has 0 aromatic heterocycles. The number of nitrogens with one attached hydrogen (secondary N) is 2. The van der Waals surface area contributed by atoms with Gasteiger partial charge in [0.15, 0.2) is 0 Å². The summed E-state index contributed by atoms with van der Waals surface area (Å²) in [6.45, 7) is 12.3. The van der Waals surface area contributed by atoms with Crippen molar-refractivity contribution < 1.29 is 9.53 Å². The molecule has 0 aromatic rings. The molecule has 0 rings (SSSR count). The SMILES string of the molecule is CCCCOCCNC(C)C(=O)NC(C)(C)CC. The van der Waals surface area contributed by atoms with Crippen molar-refractivity contribution >= 4 is 5.91 Å². The summed E-state index contributed by atoms with van der Waals surface area (Å²) in [7, 11) is 0. The van der Waals surface area contributed by atoms with E-state index in [9.17, 15) is 4.79 Å². The van der Waals surface area contributed by atoms with E-state index < -0.39 is 0 Å². The number of ether oxygens (including phenoxy) is 1. The third-order valence-corrected chi connectivity index (χ3v) is 3.08. The van der Waals surface area contributed by atoms with Gasteiger partial charge >= 0.3 is 0 Å². The molecular formula is C14H30N2O2. The van der Waals surface area contributed by atoms with Crippen LogP contribution in [-0.2, 0) is 9.53 Å². The molecule has 0 fully saturated rings. The zero-order valence-corrected chi connectivity index (χ0v) is 12.6. The van der Waals surface area contributed by atoms with Crippen LogP contribution in [0.15, 0.2) is 0 Å². The first-order valence-corrected chi connectivity index (χ1v) is 7.06. The van der Waals surface area contributed by atoms with E-state index >= 15 is 0 Å². The Balaban J connectivity index is 3.68. The highest BCUT2D eigenvalue weighted by Gasteiger charge is 2.21. The van der Waals surface area contributed by atoms with Gasteiger partial charge in [0, 0.05) is 18.7 Å². The Hall–Kier alpha value is -0.610. The fraction of sp³-hybridized carbons (Fsp3) is 0.929. The maximum atomic E-state index is 11.9. The maximum absolute atomic E-state index is 11.9. The minimum absolute atomic E-state index is 0.0513. The Bertz CT molecular complexity index is 230. The number of carbonyl (C=O) groups excluding carboxylic acids is 1. The lowest BCUT2D eigenvalue weighted by atomic mass is 10.0. The molecule has 0 saturated carbocycles. The highest BCUT2D eigenvalue weighted by Crippen LogP contribution is 2.06. The minimum atomic E-state index is -0.175. The predicted octanol–water partition coefficient (Wildman–Crippen LogP) is 2.09. The molecule has 0 aliphatic carbocycles. The molecular weight excluding hydrogens is 228 g/mol. The lowest BCUT2D eigenvalue weighted by Gasteiger charge is -2.26. The highest BCUT2D eigenvalue weighted by atomic mass is 16.5. The zero-order valence-electron chi connectivity index (χ0n) is 12.6. The monoisotopic (exact) mass is 258 g/mol. The molecule has 0 aliphatic heterocycles. The number of amides is 1. The second kappa shape index (κ2) is 9.34. The number of rotatable bonds is 10. The summed E-state index contributed by atoms with van der Waals surface area (Å²) in [5.41, 5.74) is -0.134. The average molecular weight is 258 g/mol. The van der Waals surface area contributed by atoms with Crippen molar-refractivity contribution in [2.24, 2.45) is 0 Å². The quantitative estimate of drug-likeness (QED) is 0.590. The summed E-state index contributed by atoms with van der Waals surface area (Å²) >= 11 is 0. The molecule has 0 heterocycles. The van der Waals surface area contributed by atoms with Crippen molar-refractivity contribution in [2.75, 3.05) is 19.8 Å². The Morgan fingerprint density at radius 1 is 1.28 bits per heavy atom. The fourth-order valence-electron chi connectivity index (χ4n) is 1.32. The molecule has 4 nitrogen and oxygen atoms in total. The summed E-state index contributed by atoms with van der Waals surface area (Å²) in [4.78, 5) is 11.9. The van der Waals surface area contributed by atoms with E-state index in [1.807, 2.05) is 20.8 Å². The molecule has 0 spiro atoms. The Morgan fingerprint density at radius 2 is 1.94 bits per heavy atom. The predicted molar refractivity (Wildman–Crippen MR) is 75.7 cm³/mol. The first kappa shape index (κ1) is 17.4. The van der Waals surface area contributed by atoms with Gasteiger partial charge in [-0.05, 0) is 33.6 Å². The smallest absolute Gasteiger partial charge is 0.237 e. The van der Waals surface area contributed by atoms with Gasteiger partial charge in [-0.15, -0.1) is 0 Å². The molecule has 0 saturated heterocycles. The van der Waals surface area contributed by atoms with Gasteiger partial charge in [0.05, 0.1) is 12.6 Å². The van der Waals surface area contributed by atoms with Crippen molar-refractivity contribution in [1.29, 1.82) is 0 Å². The summed E-state index contributed by atoms with van der Waals surface area (Å²) in [6.07, 6.45) is 3.17. The van der Waals surface area contributed by atoms with Gasteiger partial charge in [0.2, 0.25) is 5.91 Å². The normalized spacial score (nSPS) is 13.4. The van der Waals surface area contributed by atoms with Crippen LogP contribution in [0.4, 0.5) is 0 Å². The summed E-state index contributed by atoms with van der Waals surface area (Å²) in [5, 5.41) is 6.19. The average Bonchev–Trinajstić information content (AvgIpc) is 2.32. The molecule has 0 bridgehead atoms. The lowest BCUT2D eigenvalue weighted by molar-refractivity contribution is -0.124. The number of hydrogen-bond acceptors (Lipinski definition) is 3. The van der Waals surface area contributed by atoms with E-state index in [1.54, 1.807) is 0 Å². The van der Waals surface area contributed by atoms with Gasteiger partial charge in [-0.1, -0.05) is 20.3 Å². The second-order valence-corrected chi connectivity index (χ2v) is 5.37. The van der Waals surface area contributed by atoms with Gasteiger partial charge in [-0.25, -0.2) is 0 Å². The Morgan fingerprint density at radius 3 is 2.50 bits per heavy atom. The first-order chi connectivity index (χ1) is 8.43. The van der Waals surface area contributed by atoms with E-state index in [1.165, 1.54) is 0 Å². The molecule has 0 aromatic carbocycles. The molecule has 2 N–H and O–H groups in total. The molecule has 1 atom stereocenters. The Kier molecular flexibility index (Phi) is 9.02. The molecule has 1 unspecified atom stereocenters. The van der Waals surface area contributed by atoms with E-state index in [4.69, 9.17) is 4.74 Å². The van der Waals surface area contributed by atoms with Gasteiger partial charge in [-0.3, -0.25) is 4.79 Å². The number of unbranched alkanes of at least 4 members (excludes halogenated alkanes) is 1. The van der Waals surface area contributed by atoms with Crippen LogP contribution in [0.1, 0.15) is 53.9 Å². The van der Waals surface area contributed by atoms with Gasteiger partial charge in [-0.2, -0.15) is 0 Å². The van der Waals surface area contributed by atoms with Crippen LogP contribution in [0.5, 0.6) is 0 Å². The largest absolute Gasteiger partial charge is 0.380 e. The van der Waals surface area contributed by atoms with Crippen LogP contribution < -0.4 is 10.6 Å². The minimum Gasteiger partial charge on any atom is -0.380 e. The van der Waals surface area contributed by atoms with Crippen LogP contribution in [0, 0.1) is 0 Å². The van der Waals surface area contributed by atoms with Crippen molar-refractivity contribution in [1.82, 2.24) is 10.6 Å². The molecule has 1 amide bonds. The maximum Gasteiger partial charge on any atom is 0.237 e. The van der Waals surface area contributed by atoms with Crippen LogP contribution in [0.2, 0.25) is 0 Å². The zero-order chi connectivity index (χ0) is 14.0. The molecule has 108 valence electrons. The van der Waals surface area contributed by atoms with Gasteiger partial charge in [0.25, 0.3) is 0 Å². The first-order valence-electron chi connectivity index (χ1n) is 7.06. The number of hydrogen-bond donors (Lipinski definition) is 2. The highest BCUT2D eigenvalue weighted by molar-refractivity contribution is 5.81. The van der Waals surface area contributed by atoms with Gasteiger partial charge in [0.1, 0.15) is 0 Å². The van der Waals surface area contributed by atoms with E-state index in [0.717, 1.165) is 25.9 Å². The van der Waals surface area contributed by atoms with E-state index in [-0.39, 0.29) is 17.5 Å². The fourth-order valence-corrected chi connectivity index (χ4v) is 1.32. The van der Waals surface area contributed by atoms with E-state index in [2.05, 4.69) is 24.5 Å². The number of carbonyl (C=O) groups is 1. The van der Waals surface area contributed by atoms with Crippen molar-refractivity contribution in [3.8, 4) is 0 Å². The van der Waals surface area contributed by atoms with Crippen LogP contribution in [-0.4, -0.2) is 37.2 Å². The summed E-state index contributed by atoms with van der Waals surface area (Å²) in [5.74, 6) is 0.0513. The third-order valence-electron chi connectivity index (χ3n) is 3.08. The topological polar surface area (TPSA) is 50.4 Å². The van der Waals surface area contributed by atoms with Gasteiger partial charge < -0.3 is 15.4 Å².